The molecule has 2 atom stereocenters. The Morgan fingerprint density at radius 2 is 1.93 bits per heavy atom. The van der Waals surface area contributed by atoms with Gasteiger partial charge in [-0.15, -0.1) is 0 Å². The lowest BCUT2D eigenvalue weighted by molar-refractivity contribution is -0.138. The number of carbonyl (C=O) groups excluding carboxylic acids is 2. The number of hydrogen-bond acceptors (Lipinski definition) is 11. The first-order chi connectivity index (χ1) is 12.1. The molecule has 2 fully saturated rings. The third-order valence-electron chi connectivity index (χ3n) is 2.87. The molecule has 14 heteroatoms. The van der Waals surface area contributed by atoms with E-state index >= 15 is 0 Å². The minimum absolute atomic E-state index is 0. The van der Waals surface area contributed by atoms with Crippen LogP contribution in [0.5, 0.6) is 0 Å². The van der Waals surface area contributed by atoms with Gasteiger partial charge in [0.15, 0.2) is 0 Å². The summed E-state index contributed by atoms with van der Waals surface area (Å²) in [6.07, 6.45) is 1.72. The molecule has 2 unspecified atom stereocenters. The molecule has 0 bridgehead atoms. The van der Waals surface area contributed by atoms with Gasteiger partial charge in [0.05, 0.1) is 38.5 Å². The summed E-state index contributed by atoms with van der Waals surface area (Å²) >= 11 is 0. The van der Waals surface area contributed by atoms with Crippen molar-refractivity contribution in [3.05, 3.63) is 0 Å². The maximum absolute atomic E-state index is 10.6. The fraction of sp³-hybridized carbons (Fsp3) is 0.846. The van der Waals surface area contributed by atoms with Gasteiger partial charge in [-0.3, -0.25) is 18.8 Å². The molecule has 0 radical (unpaired) electrons. The first-order valence-corrected chi connectivity index (χ1v) is 9.49. The minimum Gasteiger partial charge on any atom is -0.465 e. The lowest BCUT2D eigenvalue weighted by Gasteiger charge is -2.25. The fourth-order valence-corrected chi connectivity index (χ4v) is 2.18. The molecule has 0 aliphatic carbocycles. The third-order valence-corrected chi connectivity index (χ3v) is 3.44. The molecule has 27 heavy (non-hydrogen) atoms. The van der Waals surface area contributed by atoms with Crippen LogP contribution in [0.2, 0.25) is 0 Å². The van der Waals surface area contributed by atoms with Gasteiger partial charge in [0.2, 0.25) is 5.91 Å². The van der Waals surface area contributed by atoms with Crippen LogP contribution in [0.3, 0.4) is 0 Å². The van der Waals surface area contributed by atoms with E-state index in [4.69, 9.17) is 27.1 Å². The molecular weight excluding hydrogens is 388 g/mol. The van der Waals surface area contributed by atoms with Gasteiger partial charge in [0.25, 0.3) is 10.1 Å². The van der Waals surface area contributed by atoms with E-state index in [1.54, 1.807) is 6.92 Å². The first kappa shape index (κ1) is 30.0. The average Bonchev–Trinajstić information content (AvgIpc) is 2.98. The summed E-state index contributed by atoms with van der Waals surface area (Å²) < 4.78 is 30.2. The summed E-state index contributed by atoms with van der Waals surface area (Å²) in [6, 6.07) is 0. The zero-order chi connectivity index (χ0) is 20.8. The van der Waals surface area contributed by atoms with Crippen LogP contribution in [0.15, 0.2) is 0 Å². The number of esters is 1. The highest BCUT2D eigenvalue weighted by Crippen LogP contribution is 2.14. The van der Waals surface area contributed by atoms with E-state index < -0.39 is 16.2 Å². The van der Waals surface area contributed by atoms with E-state index in [0.717, 1.165) is 11.3 Å². The molecule has 0 aromatic rings. The Bertz CT molecular complexity index is 524. The second kappa shape index (κ2) is 16.5. The summed E-state index contributed by atoms with van der Waals surface area (Å²) in [5.41, 5.74) is 10.0. The number of cyclic esters (lactones) is 1. The van der Waals surface area contributed by atoms with Gasteiger partial charge in [-0.25, -0.2) is 16.9 Å². The quantitative estimate of drug-likeness (QED) is 0.116. The number of nitrogens with two attached hydrogens (primary N) is 1. The lowest BCUT2D eigenvalue weighted by atomic mass is 10.1. The molecule has 164 valence electrons. The molecule has 2 aliphatic rings. The topological polar surface area (TPSA) is 236 Å². The Balaban J connectivity index is -0.000000161. The van der Waals surface area contributed by atoms with E-state index in [2.05, 4.69) is 8.92 Å². The summed E-state index contributed by atoms with van der Waals surface area (Å²) in [6.45, 7) is 2.50. The molecular formula is C13H32N4O9S. The summed E-state index contributed by atoms with van der Waals surface area (Å²) in [4.78, 5) is 21.2. The van der Waals surface area contributed by atoms with Gasteiger partial charge in [-0.2, -0.15) is 8.42 Å². The number of hydrogen-bond donors (Lipinski definition) is 5. The Morgan fingerprint density at radius 3 is 2.26 bits per heavy atom. The maximum atomic E-state index is 10.6. The van der Waals surface area contributed by atoms with E-state index in [1.165, 1.54) is 0 Å². The van der Waals surface area contributed by atoms with Crippen LogP contribution < -0.4 is 5.84 Å². The predicted octanol–water partition coefficient (Wildman–Crippen LogP) is -1.61. The van der Waals surface area contributed by atoms with Crippen LogP contribution in [0.1, 0.15) is 27.6 Å². The molecule has 1 amide bonds. The second-order valence-corrected chi connectivity index (χ2v) is 6.94. The molecule has 2 heterocycles. The number of piperidine rings is 1. The highest BCUT2D eigenvalue weighted by Gasteiger charge is 2.25. The SMILES string of the molecule is CCO.CS(=O)(=O)OCC1COC(=O)C1.N=N.NN1CC(O)CCC1=O.O.[HH]. The van der Waals surface area contributed by atoms with Crippen molar-refractivity contribution in [3.63, 3.8) is 0 Å². The number of β-amino-alcohol motifs (C(OH)–C–C–N with tert-alkyl or cyclic N) is 1. The molecule has 0 spiro atoms. The minimum atomic E-state index is -3.40. The average molecular weight is 420 g/mol. The number of carbonyl (C=O) groups is 2. The number of nitrogens with zero attached hydrogens (tertiary/aromatic N) is 1. The van der Waals surface area contributed by atoms with Crippen molar-refractivity contribution in [2.24, 2.45) is 11.8 Å². The number of aliphatic hydroxyl groups is 2. The number of hydrazine groups is 1. The smallest absolute Gasteiger partial charge is 0.306 e. The molecule has 2 saturated heterocycles. The molecule has 0 aromatic heterocycles. The Kier molecular flexibility index (Phi) is 18.3. The van der Waals surface area contributed by atoms with Gasteiger partial charge in [-0.05, 0) is 13.3 Å². The maximum Gasteiger partial charge on any atom is 0.306 e. The van der Waals surface area contributed by atoms with Gasteiger partial charge in [0, 0.05) is 20.4 Å². The van der Waals surface area contributed by atoms with Crippen molar-refractivity contribution in [1.82, 2.24) is 5.01 Å². The van der Waals surface area contributed by atoms with E-state index in [0.29, 0.717) is 12.8 Å². The van der Waals surface area contributed by atoms with Crippen LogP contribution in [0.4, 0.5) is 0 Å². The lowest BCUT2D eigenvalue weighted by Crippen LogP contribution is -2.46. The van der Waals surface area contributed by atoms with Crippen molar-refractivity contribution < 1.29 is 44.0 Å². The molecule has 13 nitrogen and oxygen atoms in total. The van der Waals surface area contributed by atoms with E-state index in [1.807, 2.05) is 0 Å². The number of ether oxygens (including phenoxy) is 1. The number of aliphatic hydroxyl groups excluding tert-OH is 2. The molecule has 0 saturated carbocycles. The number of nitrogens with one attached hydrogen (secondary N) is 2. The Hall–Kier alpha value is -1.71. The number of rotatable bonds is 3. The summed E-state index contributed by atoms with van der Waals surface area (Å²) in [5, 5.41) is 17.6. The molecule has 2 rings (SSSR count). The normalized spacial score (nSPS) is 21.1. The molecule has 0 aromatic carbocycles. The van der Waals surface area contributed by atoms with E-state index in [-0.39, 0.29) is 57.5 Å². The fourth-order valence-electron chi connectivity index (χ4n) is 1.75. The summed E-state index contributed by atoms with van der Waals surface area (Å²) in [7, 11) is -3.40. The monoisotopic (exact) mass is 420 g/mol. The summed E-state index contributed by atoms with van der Waals surface area (Å²) in [5.74, 6) is 4.70. The van der Waals surface area contributed by atoms with Crippen molar-refractivity contribution in [2.45, 2.75) is 32.3 Å². The van der Waals surface area contributed by atoms with Gasteiger partial charge >= 0.3 is 5.97 Å². The van der Waals surface area contributed by atoms with Gasteiger partial charge < -0.3 is 20.4 Å². The number of amides is 1. The van der Waals surface area contributed by atoms with Crippen LogP contribution in [0.25, 0.3) is 0 Å². The van der Waals surface area contributed by atoms with Crippen LogP contribution in [-0.2, 0) is 28.6 Å². The van der Waals surface area contributed by atoms with Crippen molar-refractivity contribution in [1.29, 1.82) is 11.1 Å². The highest BCUT2D eigenvalue weighted by atomic mass is 32.2. The van der Waals surface area contributed by atoms with Crippen molar-refractivity contribution >= 4 is 22.0 Å². The van der Waals surface area contributed by atoms with Crippen molar-refractivity contribution in [2.75, 3.05) is 32.6 Å². The zero-order valence-electron chi connectivity index (χ0n) is 15.4. The highest BCUT2D eigenvalue weighted by molar-refractivity contribution is 7.85. The zero-order valence-corrected chi connectivity index (χ0v) is 16.2. The van der Waals surface area contributed by atoms with Crippen LogP contribution in [0, 0.1) is 17.0 Å². The van der Waals surface area contributed by atoms with Crippen molar-refractivity contribution in [3.8, 4) is 0 Å². The van der Waals surface area contributed by atoms with Gasteiger partial charge in [-0.1, -0.05) is 0 Å². The van der Waals surface area contributed by atoms with Gasteiger partial charge in [0.1, 0.15) is 0 Å². The second-order valence-electron chi connectivity index (χ2n) is 5.30. The predicted molar refractivity (Wildman–Crippen MR) is 94.9 cm³/mol. The standard InChI is InChI=1S/C6H10O5S.C5H10N2O2.C2H6O.H2N2.H2O.H2/c1-12(8,9)11-4-5-2-6(7)10-3-5;6-7-3-4(8)1-2-5(7)9;1-2-3;1-2;;/h5H,2-4H2,1H3;4,8H,1-3,6H2;3H,2H2,1H3;1-2H;1H2;1H. The van der Waals surface area contributed by atoms with E-state index in [9.17, 15) is 18.0 Å². The largest absolute Gasteiger partial charge is 0.465 e. The van der Waals surface area contributed by atoms with Crippen LogP contribution >= 0.6 is 0 Å². The Morgan fingerprint density at radius 1 is 1.41 bits per heavy atom. The molecule has 2 aliphatic heterocycles. The Labute approximate surface area is 159 Å². The molecule has 8 N–H and O–H groups in total. The first-order valence-electron chi connectivity index (χ1n) is 7.68. The third kappa shape index (κ3) is 17.5. The van der Waals surface area contributed by atoms with Crippen LogP contribution in [-0.4, -0.2) is 79.7 Å².